The molecule has 6 nitrogen and oxygen atoms in total. The Balaban J connectivity index is 2.10. The number of nitriles is 2. The van der Waals surface area contributed by atoms with E-state index in [0.717, 1.165) is 12.1 Å². The minimum Gasteiger partial charge on any atom is -0.326 e. The van der Waals surface area contributed by atoms with E-state index in [9.17, 15) is 13.6 Å². The van der Waals surface area contributed by atoms with E-state index in [4.69, 9.17) is 10.5 Å². The number of nitrogens with zero attached hydrogens (tertiary/aromatic N) is 3. The van der Waals surface area contributed by atoms with Crippen LogP contribution in [0.15, 0.2) is 45.7 Å². The predicted octanol–water partition coefficient (Wildman–Crippen LogP) is 4.62. The van der Waals surface area contributed by atoms with Crippen molar-refractivity contribution in [2.24, 2.45) is 0 Å². The number of rotatable bonds is 4. The summed E-state index contributed by atoms with van der Waals surface area (Å²) in [6.45, 7) is 3.05. The molecule has 2 aromatic carbocycles. The van der Waals surface area contributed by atoms with Gasteiger partial charge in [0.05, 0.1) is 29.0 Å². The van der Waals surface area contributed by atoms with Crippen molar-refractivity contribution in [3.63, 3.8) is 0 Å². The van der Waals surface area contributed by atoms with Gasteiger partial charge in [-0.15, -0.1) is 0 Å². The largest absolute Gasteiger partial charge is 0.326 e. The number of anilines is 2. The Kier molecular flexibility index (Phi) is 5.68. The summed E-state index contributed by atoms with van der Waals surface area (Å²) in [6.07, 6.45) is 0. The molecular weight excluding hydrogens is 456 g/mol. The molecule has 3 rings (SSSR count). The molecule has 0 amide bonds. The second-order valence-electron chi connectivity index (χ2n) is 6.94. The Morgan fingerprint density at radius 2 is 1.63 bits per heavy atom. The molecule has 2 N–H and O–H groups in total. The number of hydrogen-bond acceptors (Lipinski definition) is 5. The minimum atomic E-state index is -1.35. The highest BCUT2D eigenvalue weighted by Crippen LogP contribution is 2.37. The maximum atomic E-state index is 14.7. The highest BCUT2D eigenvalue weighted by molar-refractivity contribution is 9.10. The first-order valence-corrected chi connectivity index (χ1v) is 9.43. The molecule has 1 aromatic heterocycles. The van der Waals surface area contributed by atoms with Gasteiger partial charge in [-0.2, -0.15) is 10.5 Å². The van der Waals surface area contributed by atoms with E-state index in [1.54, 1.807) is 30.3 Å². The van der Waals surface area contributed by atoms with Crippen LogP contribution in [0.5, 0.6) is 0 Å². The Morgan fingerprint density at radius 3 is 2.17 bits per heavy atom. The van der Waals surface area contributed by atoms with Crippen molar-refractivity contribution < 1.29 is 8.78 Å². The molecule has 0 spiro atoms. The molecule has 1 heterocycles. The number of H-pyrrole nitrogens is 1. The Bertz CT molecular complexity index is 1250. The number of benzene rings is 2. The molecule has 0 aliphatic rings. The van der Waals surface area contributed by atoms with Gasteiger partial charge < -0.3 is 5.32 Å². The first-order valence-electron chi connectivity index (χ1n) is 8.64. The van der Waals surface area contributed by atoms with E-state index < -0.39 is 22.6 Å². The van der Waals surface area contributed by atoms with Crippen molar-refractivity contribution in [3.05, 3.63) is 85.2 Å². The number of hydrogen-bond donors (Lipinski definition) is 2. The second kappa shape index (κ2) is 8.05. The zero-order valence-corrected chi connectivity index (χ0v) is 17.4. The van der Waals surface area contributed by atoms with Crippen molar-refractivity contribution in [2.75, 3.05) is 5.32 Å². The highest BCUT2D eigenvalue weighted by atomic mass is 79.9. The lowest BCUT2D eigenvalue weighted by Crippen LogP contribution is -2.28. The van der Waals surface area contributed by atoms with E-state index in [-0.39, 0.29) is 27.2 Å². The summed E-state index contributed by atoms with van der Waals surface area (Å²) in [5.41, 5.74) is -1.24. The molecule has 0 aliphatic heterocycles. The fourth-order valence-electron chi connectivity index (χ4n) is 3.05. The molecule has 9 heteroatoms. The van der Waals surface area contributed by atoms with Crippen molar-refractivity contribution >= 4 is 27.6 Å². The summed E-state index contributed by atoms with van der Waals surface area (Å²) in [6, 6.07) is 12.0. The molecule has 0 unspecified atom stereocenters. The molecule has 150 valence electrons. The number of halogens is 3. The zero-order chi connectivity index (χ0) is 22.1. The molecule has 30 heavy (non-hydrogen) atoms. The monoisotopic (exact) mass is 469 g/mol. The van der Waals surface area contributed by atoms with Crippen LogP contribution in [0.3, 0.4) is 0 Å². The number of aromatic amines is 1. The molecule has 0 aliphatic carbocycles. The lowest BCUT2D eigenvalue weighted by atomic mass is 9.80. The normalized spacial score (nSPS) is 10.9. The molecule has 0 atom stereocenters. The first kappa shape index (κ1) is 21.2. The van der Waals surface area contributed by atoms with Gasteiger partial charge in [0.25, 0.3) is 5.56 Å². The van der Waals surface area contributed by atoms with Crippen LogP contribution in [-0.4, -0.2) is 9.97 Å². The van der Waals surface area contributed by atoms with Gasteiger partial charge in [0.1, 0.15) is 16.1 Å². The molecule has 0 saturated heterocycles. The Morgan fingerprint density at radius 1 is 1.07 bits per heavy atom. The van der Waals surface area contributed by atoms with Gasteiger partial charge in [-0.05, 0) is 66.2 Å². The van der Waals surface area contributed by atoms with Crippen LogP contribution in [0.25, 0.3) is 0 Å². The van der Waals surface area contributed by atoms with Crippen LogP contribution in [0.4, 0.5) is 20.4 Å². The molecular formula is C21H14BrF2N5O. The van der Waals surface area contributed by atoms with Crippen LogP contribution in [-0.2, 0) is 5.41 Å². The Hall–Kier alpha value is -3.56. The predicted molar refractivity (Wildman–Crippen MR) is 110 cm³/mol. The molecule has 0 saturated carbocycles. The van der Waals surface area contributed by atoms with Crippen LogP contribution >= 0.6 is 15.9 Å². The summed E-state index contributed by atoms with van der Waals surface area (Å²) in [4.78, 5) is 19.4. The zero-order valence-electron chi connectivity index (χ0n) is 15.8. The lowest BCUT2D eigenvalue weighted by Gasteiger charge is -2.27. The topological polar surface area (TPSA) is 105 Å². The maximum absolute atomic E-state index is 14.7. The fraction of sp³-hybridized carbons (Fsp3) is 0.143. The fourth-order valence-corrected chi connectivity index (χ4v) is 3.73. The summed E-state index contributed by atoms with van der Waals surface area (Å²) in [5.74, 6) is -1.76. The van der Waals surface area contributed by atoms with Crippen LogP contribution in [0, 0.1) is 34.3 Å². The summed E-state index contributed by atoms with van der Waals surface area (Å²) >= 11 is 3.16. The van der Waals surface area contributed by atoms with Crippen LogP contribution < -0.4 is 10.9 Å². The standard InChI is InChI=1S/C21H14BrF2N5O/c1-21(2,16-14(23)7-12(10-26)8-15(16)24)18-17(22)19(30)29-20(28-18)27-13-5-3-11(9-25)4-6-13/h3-8H,1-2H3,(H2,27,28,29,30). The third-order valence-electron chi connectivity index (χ3n) is 4.53. The third kappa shape index (κ3) is 3.93. The van der Waals surface area contributed by atoms with Crippen molar-refractivity contribution in [3.8, 4) is 12.1 Å². The smallest absolute Gasteiger partial charge is 0.266 e. The molecule has 0 bridgehead atoms. The third-order valence-corrected chi connectivity index (χ3v) is 5.26. The Labute approximate surface area is 179 Å². The van der Waals surface area contributed by atoms with Crippen molar-refractivity contribution in [1.82, 2.24) is 9.97 Å². The van der Waals surface area contributed by atoms with Crippen molar-refractivity contribution in [2.45, 2.75) is 19.3 Å². The van der Waals surface area contributed by atoms with Crippen LogP contribution in [0.1, 0.15) is 36.2 Å². The van der Waals surface area contributed by atoms with E-state index in [0.29, 0.717) is 11.3 Å². The first-order chi connectivity index (χ1) is 14.2. The second-order valence-corrected chi connectivity index (χ2v) is 7.74. The van der Waals surface area contributed by atoms with Gasteiger partial charge >= 0.3 is 0 Å². The van der Waals surface area contributed by atoms with Gasteiger partial charge in [0, 0.05) is 16.7 Å². The molecule has 3 aromatic rings. The van der Waals surface area contributed by atoms with E-state index >= 15 is 0 Å². The average molecular weight is 470 g/mol. The van der Waals surface area contributed by atoms with Gasteiger partial charge in [0.15, 0.2) is 0 Å². The number of aromatic nitrogens is 2. The van der Waals surface area contributed by atoms with Gasteiger partial charge in [-0.1, -0.05) is 0 Å². The molecule has 0 radical (unpaired) electrons. The van der Waals surface area contributed by atoms with Gasteiger partial charge in [0.2, 0.25) is 5.95 Å². The van der Waals surface area contributed by atoms with E-state index in [1.165, 1.54) is 13.8 Å². The molecule has 0 fully saturated rings. The highest BCUT2D eigenvalue weighted by Gasteiger charge is 2.34. The van der Waals surface area contributed by atoms with Gasteiger partial charge in [-0.3, -0.25) is 9.78 Å². The summed E-state index contributed by atoms with van der Waals surface area (Å²) in [5, 5.41) is 20.7. The lowest BCUT2D eigenvalue weighted by molar-refractivity contribution is 0.486. The van der Waals surface area contributed by atoms with Crippen molar-refractivity contribution in [1.29, 1.82) is 10.5 Å². The van der Waals surface area contributed by atoms with E-state index in [1.807, 2.05) is 6.07 Å². The quantitative estimate of drug-likeness (QED) is 0.579. The average Bonchev–Trinajstić information content (AvgIpc) is 2.70. The van der Waals surface area contributed by atoms with Crippen LogP contribution in [0.2, 0.25) is 0 Å². The SMILES string of the molecule is CC(C)(c1nc(Nc2ccc(C#N)cc2)[nH]c(=O)c1Br)c1c(F)cc(C#N)cc1F. The maximum Gasteiger partial charge on any atom is 0.266 e. The summed E-state index contributed by atoms with van der Waals surface area (Å²) in [7, 11) is 0. The minimum absolute atomic E-state index is 0.0287. The van der Waals surface area contributed by atoms with E-state index in [2.05, 4.69) is 31.2 Å². The summed E-state index contributed by atoms with van der Waals surface area (Å²) < 4.78 is 29.4. The number of nitrogens with one attached hydrogen (secondary N) is 2. The van der Waals surface area contributed by atoms with Gasteiger partial charge in [-0.25, -0.2) is 13.8 Å².